The van der Waals surface area contributed by atoms with Crippen molar-refractivity contribution in [1.82, 2.24) is 0 Å². The lowest BCUT2D eigenvalue weighted by Crippen LogP contribution is -2.12. The summed E-state index contributed by atoms with van der Waals surface area (Å²) in [5.41, 5.74) is 1.32. The van der Waals surface area contributed by atoms with E-state index in [0.29, 0.717) is 12.2 Å². The van der Waals surface area contributed by atoms with E-state index in [-0.39, 0.29) is 5.91 Å². The van der Waals surface area contributed by atoms with Crippen LogP contribution < -0.4 is 14.8 Å². The fraction of sp³-hybridized carbons (Fsp3) is 0.188. The van der Waals surface area contributed by atoms with Gasteiger partial charge >= 0.3 is 0 Å². The van der Waals surface area contributed by atoms with Gasteiger partial charge in [0.05, 0.1) is 17.3 Å². The maximum Gasteiger partial charge on any atom is 0.255 e. The fourth-order valence-electron chi connectivity index (χ4n) is 1.81. The van der Waals surface area contributed by atoms with Gasteiger partial charge in [-0.1, -0.05) is 0 Å². The van der Waals surface area contributed by atoms with Crippen LogP contribution in [0.2, 0.25) is 0 Å². The second-order valence-corrected chi connectivity index (χ2v) is 5.42. The lowest BCUT2D eigenvalue weighted by atomic mass is 10.2. The summed E-state index contributed by atoms with van der Waals surface area (Å²) in [6.07, 6.45) is 0. The summed E-state index contributed by atoms with van der Waals surface area (Å²) in [6, 6.07) is 12.6. The maximum absolute atomic E-state index is 12.2. The lowest BCUT2D eigenvalue weighted by Gasteiger charge is -2.09. The average Bonchev–Trinajstić information content (AvgIpc) is 2.49. The first-order valence-electron chi connectivity index (χ1n) is 6.51. The Morgan fingerprint density at radius 3 is 2.48 bits per heavy atom. The molecule has 0 saturated carbocycles. The summed E-state index contributed by atoms with van der Waals surface area (Å²) >= 11 is 2.14. The molecule has 0 unspecified atom stereocenters. The highest BCUT2D eigenvalue weighted by Crippen LogP contribution is 2.22. The summed E-state index contributed by atoms with van der Waals surface area (Å²) in [5.74, 6) is 1.39. The van der Waals surface area contributed by atoms with Crippen molar-refractivity contribution in [2.45, 2.75) is 6.92 Å². The van der Waals surface area contributed by atoms with Crippen LogP contribution in [0.1, 0.15) is 17.3 Å². The summed E-state index contributed by atoms with van der Waals surface area (Å²) in [6.45, 7) is 2.55. The molecule has 0 aliphatic carbocycles. The van der Waals surface area contributed by atoms with Crippen molar-refractivity contribution in [3.05, 3.63) is 51.6 Å². The minimum Gasteiger partial charge on any atom is -0.496 e. The molecule has 0 heterocycles. The number of hydrogen-bond donors (Lipinski definition) is 1. The molecule has 0 spiro atoms. The van der Waals surface area contributed by atoms with Gasteiger partial charge in [-0.15, -0.1) is 0 Å². The number of methoxy groups -OCH3 is 1. The molecule has 0 aromatic heterocycles. The number of benzene rings is 2. The van der Waals surface area contributed by atoms with Crippen LogP contribution in [-0.2, 0) is 0 Å². The number of carbonyl (C=O) groups excluding carboxylic acids is 1. The van der Waals surface area contributed by atoms with E-state index in [1.54, 1.807) is 25.3 Å². The van der Waals surface area contributed by atoms with Crippen molar-refractivity contribution in [2.24, 2.45) is 0 Å². The van der Waals surface area contributed by atoms with Gasteiger partial charge < -0.3 is 14.8 Å². The van der Waals surface area contributed by atoms with Gasteiger partial charge in [0.2, 0.25) is 0 Å². The molecule has 0 atom stereocenters. The number of ether oxygens (including phenoxy) is 2. The summed E-state index contributed by atoms with van der Waals surface area (Å²) in [4.78, 5) is 12.2. The van der Waals surface area contributed by atoms with Gasteiger partial charge in [-0.2, -0.15) is 0 Å². The van der Waals surface area contributed by atoms with Crippen LogP contribution in [0.3, 0.4) is 0 Å². The van der Waals surface area contributed by atoms with E-state index in [0.717, 1.165) is 20.8 Å². The first kappa shape index (κ1) is 15.6. The van der Waals surface area contributed by atoms with Crippen LogP contribution in [0.25, 0.3) is 0 Å². The first-order valence-corrected chi connectivity index (χ1v) is 7.59. The predicted octanol–water partition coefficient (Wildman–Crippen LogP) is 3.95. The van der Waals surface area contributed by atoms with Crippen LogP contribution in [-0.4, -0.2) is 19.6 Å². The predicted molar refractivity (Wildman–Crippen MR) is 91.3 cm³/mol. The number of carbonyl (C=O) groups is 1. The zero-order chi connectivity index (χ0) is 15.2. The summed E-state index contributed by atoms with van der Waals surface area (Å²) in [5, 5.41) is 2.85. The van der Waals surface area contributed by atoms with Crippen molar-refractivity contribution in [1.29, 1.82) is 0 Å². The van der Waals surface area contributed by atoms with Crippen LogP contribution in [0.15, 0.2) is 42.5 Å². The molecule has 0 aliphatic heterocycles. The van der Waals surface area contributed by atoms with Gasteiger partial charge in [-0.3, -0.25) is 4.79 Å². The zero-order valence-corrected chi connectivity index (χ0v) is 14.0. The monoisotopic (exact) mass is 397 g/mol. The number of rotatable bonds is 5. The van der Waals surface area contributed by atoms with E-state index in [1.807, 2.05) is 31.2 Å². The van der Waals surface area contributed by atoms with Gasteiger partial charge in [-0.25, -0.2) is 0 Å². The SMILES string of the molecule is CCOc1ccc(NC(=O)c2ccc(OC)c(I)c2)cc1. The van der Waals surface area contributed by atoms with Gasteiger partial charge in [0.1, 0.15) is 11.5 Å². The van der Waals surface area contributed by atoms with Crippen LogP contribution in [0.5, 0.6) is 11.5 Å². The Hall–Kier alpha value is -1.76. The molecule has 21 heavy (non-hydrogen) atoms. The molecular weight excluding hydrogens is 381 g/mol. The molecule has 0 saturated heterocycles. The van der Waals surface area contributed by atoms with E-state index in [2.05, 4.69) is 27.9 Å². The third-order valence-electron chi connectivity index (χ3n) is 2.84. The Bertz CT molecular complexity index is 626. The molecule has 1 N–H and O–H groups in total. The molecular formula is C16H16INO3. The minimum atomic E-state index is -0.153. The van der Waals surface area contributed by atoms with Crippen molar-refractivity contribution < 1.29 is 14.3 Å². The smallest absolute Gasteiger partial charge is 0.255 e. The molecule has 0 bridgehead atoms. The fourth-order valence-corrected chi connectivity index (χ4v) is 2.55. The normalized spacial score (nSPS) is 10.0. The van der Waals surface area contributed by atoms with Crippen LogP contribution >= 0.6 is 22.6 Å². The quantitative estimate of drug-likeness (QED) is 0.778. The second kappa shape index (κ2) is 7.31. The van der Waals surface area contributed by atoms with Crippen molar-refractivity contribution in [3.8, 4) is 11.5 Å². The number of amides is 1. The molecule has 2 rings (SSSR count). The lowest BCUT2D eigenvalue weighted by molar-refractivity contribution is 0.102. The standard InChI is InChI=1S/C16H16INO3/c1-3-21-13-7-5-12(6-8-13)18-16(19)11-4-9-15(20-2)14(17)10-11/h4-10H,3H2,1-2H3,(H,18,19). The Morgan fingerprint density at radius 2 is 1.90 bits per heavy atom. The average molecular weight is 397 g/mol. The van der Waals surface area contributed by atoms with Crippen LogP contribution in [0.4, 0.5) is 5.69 Å². The maximum atomic E-state index is 12.2. The summed E-state index contributed by atoms with van der Waals surface area (Å²) in [7, 11) is 1.61. The number of nitrogens with one attached hydrogen (secondary N) is 1. The highest BCUT2D eigenvalue weighted by atomic mass is 127. The zero-order valence-electron chi connectivity index (χ0n) is 11.9. The van der Waals surface area contributed by atoms with E-state index in [9.17, 15) is 4.79 Å². The molecule has 2 aromatic carbocycles. The van der Waals surface area contributed by atoms with Gasteiger partial charge in [0.15, 0.2) is 0 Å². The second-order valence-electron chi connectivity index (χ2n) is 4.26. The number of hydrogen-bond acceptors (Lipinski definition) is 3. The van der Waals surface area contributed by atoms with Crippen molar-refractivity contribution in [3.63, 3.8) is 0 Å². The van der Waals surface area contributed by atoms with E-state index < -0.39 is 0 Å². The Kier molecular flexibility index (Phi) is 5.44. The first-order chi connectivity index (χ1) is 10.1. The third kappa shape index (κ3) is 4.10. The largest absolute Gasteiger partial charge is 0.496 e. The Morgan fingerprint density at radius 1 is 1.19 bits per heavy atom. The summed E-state index contributed by atoms with van der Waals surface area (Å²) < 4.78 is 11.4. The van der Waals surface area contributed by atoms with Gasteiger partial charge in [0.25, 0.3) is 5.91 Å². The molecule has 4 nitrogen and oxygen atoms in total. The number of halogens is 1. The van der Waals surface area contributed by atoms with Crippen LogP contribution in [0, 0.1) is 3.57 Å². The highest BCUT2D eigenvalue weighted by Gasteiger charge is 2.09. The Labute approximate surface area is 137 Å². The molecule has 0 fully saturated rings. The molecule has 1 amide bonds. The molecule has 0 aliphatic rings. The van der Waals surface area contributed by atoms with E-state index in [4.69, 9.17) is 9.47 Å². The van der Waals surface area contributed by atoms with Crippen molar-refractivity contribution >= 4 is 34.2 Å². The molecule has 110 valence electrons. The van der Waals surface area contributed by atoms with Gasteiger partial charge in [-0.05, 0) is 72.0 Å². The van der Waals surface area contributed by atoms with E-state index >= 15 is 0 Å². The molecule has 0 radical (unpaired) electrons. The van der Waals surface area contributed by atoms with Crippen molar-refractivity contribution in [2.75, 3.05) is 19.0 Å². The Balaban J connectivity index is 2.08. The topological polar surface area (TPSA) is 47.6 Å². The molecule has 5 heteroatoms. The van der Waals surface area contributed by atoms with Gasteiger partial charge in [0, 0.05) is 11.3 Å². The molecule has 2 aromatic rings. The van der Waals surface area contributed by atoms with E-state index in [1.165, 1.54) is 0 Å². The minimum absolute atomic E-state index is 0.153. The third-order valence-corrected chi connectivity index (χ3v) is 3.68. The highest BCUT2D eigenvalue weighted by molar-refractivity contribution is 14.1. The number of anilines is 1.